The number of ether oxygens (including phenoxy) is 1. The van der Waals surface area contributed by atoms with Crippen LogP contribution in [0.2, 0.25) is 0 Å². The maximum Gasteiger partial charge on any atom is 0.0779 e. The quantitative estimate of drug-likeness (QED) is 0.901. The molecule has 3 unspecified atom stereocenters. The average molecular weight is 353 g/mol. The summed E-state index contributed by atoms with van der Waals surface area (Å²) in [7, 11) is 0. The normalized spacial score (nSPS) is 26.7. The number of hydrogen-bond acceptors (Lipinski definition) is 3. The van der Waals surface area contributed by atoms with E-state index in [4.69, 9.17) is 10.5 Å². The number of hydrogen-bond donors (Lipinski definition) is 1. The summed E-state index contributed by atoms with van der Waals surface area (Å²) in [5.74, 6) is 0. The molecule has 1 aliphatic heterocycles. The molecule has 0 spiro atoms. The Morgan fingerprint density at radius 1 is 1.43 bits per heavy atom. The number of fused-ring (bicyclic) bond motifs is 1. The summed E-state index contributed by atoms with van der Waals surface area (Å²) in [5, 5.41) is 0. The van der Waals surface area contributed by atoms with Crippen molar-refractivity contribution < 1.29 is 4.74 Å². The van der Waals surface area contributed by atoms with Crippen LogP contribution in [0, 0.1) is 0 Å². The molecular formula is C17H25BrN2O. The van der Waals surface area contributed by atoms with E-state index in [1.807, 2.05) is 0 Å². The highest BCUT2D eigenvalue weighted by Crippen LogP contribution is 2.36. The smallest absolute Gasteiger partial charge is 0.0779 e. The third-order valence-electron chi connectivity index (χ3n) is 4.83. The summed E-state index contributed by atoms with van der Waals surface area (Å²) in [6.07, 6.45) is 6.14. The van der Waals surface area contributed by atoms with Crippen LogP contribution >= 0.6 is 15.9 Å². The van der Waals surface area contributed by atoms with Gasteiger partial charge in [0.2, 0.25) is 0 Å². The van der Waals surface area contributed by atoms with Gasteiger partial charge in [-0.2, -0.15) is 0 Å². The lowest BCUT2D eigenvalue weighted by molar-refractivity contribution is 0.0256. The van der Waals surface area contributed by atoms with Gasteiger partial charge in [0.1, 0.15) is 0 Å². The number of morpholine rings is 1. The van der Waals surface area contributed by atoms with Crippen LogP contribution in [0.3, 0.4) is 0 Å². The predicted octanol–water partition coefficient (Wildman–Crippen LogP) is 3.49. The molecule has 2 fully saturated rings. The molecule has 116 valence electrons. The molecule has 3 nitrogen and oxygen atoms in total. The Labute approximate surface area is 136 Å². The minimum atomic E-state index is 0.255. The Hall–Kier alpha value is -0.580. The minimum Gasteiger partial charge on any atom is -0.374 e. The molecule has 1 aromatic rings. The van der Waals surface area contributed by atoms with Gasteiger partial charge >= 0.3 is 0 Å². The molecule has 4 heteroatoms. The van der Waals surface area contributed by atoms with Crippen molar-refractivity contribution in [2.24, 2.45) is 5.73 Å². The number of nitrogens with two attached hydrogens (primary N) is 1. The Morgan fingerprint density at radius 2 is 2.29 bits per heavy atom. The molecule has 0 amide bonds. The highest BCUT2D eigenvalue weighted by atomic mass is 79.9. The molecule has 1 saturated heterocycles. The van der Waals surface area contributed by atoms with Crippen molar-refractivity contribution in [3.63, 3.8) is 0 Å². The molecule has 0 aromatic heterocycles. The first-order chi connectivity index (χ1) is 10.2. The van der Waals surface area contributed by atoms with Crippen molar-refractivity contribution in [3.05, 3.63) is 28.2 Å². The van der Waals surface area contributed by atoms with Crippen molar-refractivity contribution in [2.75, 3.05) is 18.1 Å². The number of rotatable bonds is 4. The Morgan fingerprint density at radius 3 is 3.05 bits per heavy atom. The number of halogens is 1. The van der Waals surface area contributed by atoms with Gasteiger partial charge in [-0.05, 0) is 65.7 Å². The average Bonchev–Trinajstić information content (AvgIpc) is 2.96. The van der Waals surface area contributed by atoms with E-state index in [0.717, 1.165) is 26.0 Å². The fourth-order valence-electron chi connectivity index (χ4n) is 3.58. The SMILES string of the molecule is CCC(N)Cc1ccc(N2CCOC3CCCC32)c(Br)c1. The van der Waals surface area contributed by atoms with Crippen molar-refractivity contribution in [1.82, 2.24) is 0 Å². The van der Waals surface area contributed by atoms with Crippen LogP contribution < -0.4 is 10.6 Å². The monoisotopic (exact) mass is 352 g/mol. The van der Waals surface area contributed by atoms with Gasteiger partial charge in [0.05, 0.1) is 24.4 Å². The standard InChI is InChI=1S/C17H25BrN2O/c1-2-13(19)10-12-6-7-15(14(18)11-12)20-8-9-21-17-5-3-4-16(17)20/h6-7,11,13,16-17H,2-5,8-10,19H2,1H3. The van der Waals surface area contributed by atoms with Gasteiger partial charge in [0.25, 0.3) is 0 Å². The highest BCUT2D eigenvalue weighted by molar-refractivity contribution is 9.10. The first-order valence-electron chi connectivity index (χ1n) is 8.11. The molecule has 0 bridgehead atoms. The van der Waals surface area contributed by atoms with Gasteiger partial charge in [-0.3, -0.25) is 0 Å². The van der Waals surface area contributed by atoms with Crippen LogP contribution in [0.1, 0.15) is 38.2 Å². The van der Waals surface area contributed by atoms with E-state index < -0.39 is 0 Å². The zero-order valence-electron chi connectivity index (χ0n) is 12.7. The summed E-state index contributed by atoms with van der Waals surface area (Å²) in [6.45, 7) is 3.98. The Balaban J connectivity index is 1.78. The molecule has 2 aliphatic rings. The minimum absolute atomic E-state index is 0.255. The van der Waals surface area contributed by atoms with E-state index in [9.17, 15) is 0 Å². The molecule has 0 radical (unpaired) electrons. The molecule has 3 atom stereocenters. The maximum absolute atomic E-state index is 6.06. The molecule has 1 aromatic carbocycles. The van der Waals surface area contributed by atoms with E-state index in [-0.39, 0.29) is 6.04 Å². The van der Waals surface area contributed by atoms with Crippen LogP contribution in [0.15, 0.2) is 22.7 Å². The number of benzene rings is 1. The molecule has 1 aliphatic carbocycles. The molecule has 1 heterocycles. The molecule has 1 saturated carbocycles. The van der Waals surface area contributed by atoms with Crippen molar-refractivity contribution in [3.8, 4) is 0 Å². The van der Waals surface area contributed by atoms with Crippen molar-refractivity contribution >= 4 is 21.6 Å². The van der Waals surface area contributed by atoms with Gasteiger partial charge in [0.15, 0.2) is 0 Å². The Kier molecular flexibility index (Phi) is 4.87. The van der Waals surface area contributed by atoms with E-state index in [1.54, 1.807) is 0 Å². The second kappa shape index (κ2) is 6.67. The number of nitrogens with zero attached hydrogens (tertiary/aromatic N) is 1. The lowest BCUT2D eigenvalue weighted by atomic mass is 10.0. The van der Waals surface area contributed by atoms with Crippen molar-refractivity contribution in [1.29, 1.82) is 0 Å². The Bertz CT molecular complexity index is 494. The fraction of sp³-hybridized carbons (Fsp3) is 0.647. The van der Waals surface area contributed by atoms with Crippen LogP contribution in [-0.2, 0) is 11.2 Å². The third-order valence-corrected chi connectivity index (χ3v) is 5.46. The topological polar surface area (TPSA) is 38.5 Å². The second-order valence-electron chi connectivity index (χ2n) is 6.26. The lowest BCUT2D eigenvalue weighted by Crippen LogP contribution is -2.48. The summed E-state index contributed by atoms with van der Waals surface area (Å²) in [6, 6.07) is 7.53. The summed E-state index contributed by atoms with van der Waals surface area (Å²) in [5.41, 5.74) is 8.69. The number of anilines is 1. The van der Waals surface area contributed by atoms with E-state index in [1.165, 1.54) is 35.0 Å². The van der Waals surface area contributed by atoms with Gasteiger partial charge < -0.3 is 15.4 Å². The van der Waals surface area contributed by atoms with Gasteiger partial charge in [-0.15, -0.1) is 0 Å². The maximum atomic E-state index is 6.06. The molecule has 21 heavy (non-hydrogen) atoms. The van der Waals surface area contributed by atoms with Crippen LogP contribution in [0.4, 0.5) is 5.69 Å². The zero-order valence-corrected chi connectivity index (χ0v) is 14.3. The highest BCUT2D eigenvalue weighted by Gasteiger charge is 2.36. The van der Waals surface area contributed by atoms with Gasteiger partial charge in [0, 0.05) is 17.1 Å². The zero-order chi connectivity index (χ0) is 14.8. The van der Waals surface area contributed by atoms with Crippen LogP contribution in [0.25, 0.3) is 0 Å². The van der Waals surface area contributed by atoms with E-state index in [2.05, 4.69) is 46.0 Å². The largest absolute Gasteiger partial charge is 0.374 e. The summed E-state index contributed by atoms with van der Waals surface area (Å²) >= 11 is 3.77. The first kappa shape index (κ1) is 15.3. The van der Waals surface area contributed by atoms with Gasteiger partial charge in [-0.25, -0.2) is 0 Å². The molecular weight excluding hydrogens is 328 g/mol. The van der Waals surface area contributed by atoms with Crippen LogP contribution in [0.5, 0.6) is 0 Å². The molecule has 2 N–H and O–H groups in total. The second-order valence-corrected chi connectivity index (χ2v) is 7.11. The van der Waals surface area contributed by atoms with E-state index >= 15 is 0 Å². The van der Waals surface area contributed by atoms with Gasteiger partial charge in [-0.1, -0.05) is 13.0 Å². The fourth-order valence-corrected chi connectivity index (χ4v) is 4.24. The molecule has 3 rings (SSSR count). The van der Waals surface area contributed by atoms with E-state index in [0.29, 0.717) is 12.1 Å². The summed E-state index contributed by atoms with van der Waals surface area (Å²) < 4.78 is 7.10. The van der Waals surface area contributed by atoms with Crippen LogP contribution in [-0.4, -0.2) is 31.3 Å². The first-order valence-corrected chi connectivity index (χ1v) is 8.90. The lowest BCUT2D eigenvalue weighted by Gasteiger charge is -2.40. The predicted molar refractivity (Wildman–Crippen MR) is 90.8 cm³/mol. The van der Waals surface area contributed by atoms with Crippen molar-refractivity contribution in [2.45, 2.75) is 57.2 Å². The summed E-state index contributed by atoms with van der Waals surface area (Å²) in [4.78, 5) is 2.54. The third kappa shape index (κ3) is 3.27.